The maximum atomic E-state index is 13.6. The van der Waals surface area contributed by atoms with E-state index < -0.39 is 11.0 Å². The summed E-state index contributed by atoms with van der Waals surface area (Å²) in [6, 6.07) is 8.08. The van der Waals surface area contributed by atoms with Crippen molar-refractivity contribution in [2.24, 2.45) is 5.73 Å². The van der Waals surface area contributed by atoms with Crippen molar-refractivity contribution in [2.75, 3.05) is 0 Å². The molecular weight excluding hydrogens is 283 g/mol. The Morgan fingerprint density at radius 2 is 1.95 bits per heavy atom. The molecule has 2 aromatic rings. The minimum absolute atomic E-state index is 0.143. The predicted molar refractivity (Wildman–Crippen MR) is 75.3 cm³/mol. The number of nitro benzene ring substituents is 1. The lowest BCUT2D eigenvalue weighted by Crippen LogP contribution is -2.12. The second-order valence-electron chi connectivity index (χ2n) is 4.49. The van der Waals surface area contributed by atoms with Gasteiger partial charge in [0.05, 0.1) is 11.0 Å². The molecule has 0 heterocycles. The third kappa shape index (κ3) is 2.95. The molecule has 0 aliphatic heterocycles. The van der Waals surface area contributed by atoms with E-state index >= 15 is 0 Å². The molecule has 104 valence electrons. The van der Waals surface area contributed by atoms with Gasteiger partial charge in [-0.3, -0.25) is 10.1 Å². The second kappa shape index (κ2) is 5.56. The van der Waals surface area contributed by atoms with Crippen LogP contribution in [0.3, 0.4) is 0 Å². The lowest BCUT2D eigenvalue weighted by Gasteiger charge is -2.13. The van der Waals surface area contributed by atoms with Crippen molar-refractivity contribution in [1.82, 2.24) is 0 Å². The first-order valence-electron chi connectivity index (χ1n) is 5.85. The van der Waals surface area contributed by atoms with Gasteiger partial charge >= 0.3 is 0 Å². The molecule has 0 aromatic heterocycles. The Morgan fingerprint density at radius 3 is 2.55 bits per heavy atom. The van der Waals surface area contributed by atoms with Crippen LogP contribution in [0.25, 0.3) is 0 Å². The summed E-state index contributed by atoms with van der Waals surface area (Å²) in [5.41, 5.74) is 7.39. The van der Waals surface area contributed by atoms with Crippen molar-refractivity contribution in [3.63, 3.8) is 0 Å². The van der Waals surface area contributed by atoms with E-state index in [1.807, 2.05) is 0 Å². The fourth-order valence-corrected chi connectivity index (χ4v) is 2.11. The highest BCUT2D eigenvalue weighted by atomic mass is 35.5. The van der Waals surface area contributed by atoms with Crippen molar-refractivity contribution < 1.29 is 9.31 Å². The Labute approximate surface area is 120 Å². The highest BCUT2D eigenvalue weighted by Gasteiger charge is 2.16. The van der Waals surface area contributed by atoms with Crippen molar-refractivity contribution in [3.8, 4) is 0 Å². The second-order valence-corrected chi connectivity index (χ2v) is 4.92. The largest absolute Gasteiger partial charge is 0.320 e. The minimum Gasteiger partial charge on any atom is -0.320 e. The van der Waals surface area contributed by atoms with Gasteiger partial charge in [-0.15, -0.1) is 0 Å². The van der Waals surface area contributed by atoms with E-state index in [2.05, 4.69) is 0 Å². The van der Waals surface area contributed by atoms with Crippen molar-refractivity contribution in [1.29, 1.82) is 0 Å². The molecule has 0 spiro atoms. The molecule has 0 saturated heterocycles. The van der Waals surface area contributed by atoms with Crippen molar-refractivity contribution >= 4 is 17.3 Å². The maximum Gasteiger partial charge on any atom is 0.271 e. The van der Waals surface area contributed by atoms with E-state index in [1.54, 1.807) is 19.1 Å². The third-order valence-corrected chi connectivity index (χ3v) is 3.25. The normalized spacial score (nSPS) is 12.2. The van der Waals surface area contributed by atoms with Gasteiger partial charge in [-0.25, -0.2) is 4.39 Å². The Bertz CT molecular complexity index is 676. The molecule has 2 N–H and O–H groups in total. The molecule has 6 heteroatoms. The number of nitro groups is 1. The Hall–Kier alpha value is -1.98. The lowest BCUT2D eigenvalue weighted by molar-refractivity contribution is -0.384. The first-order valence-corrected chi connectivity index (χ1v) is 6.23. The molecule has 4 nitrogen and oxygen atoms in total. The molecule has 2 aromatic carbocycles. The van der Waals surface area contributed by atoms with Crippen LogP contribution in [0.4, 0.5) is 10.1 Å². The first kappa shape index (κ1) is 14.4. The van der Waals surface area contributed by atoms with E-state index in [0.29, 0.717) is 16.7 Å². The van der Waals surface area contributed by atoms with Crippen LogP contribution in [-0.4, -0.2) is 4.92 Å². The molecular formula is C14H12ClFN2O2. The number of hydrogen-bond donors (Lipinski definition) is 1. The van der Waals surface area contributed by atoms with Crippen LogP contribution in [0, 0.1) is 22.9 Å². The number of halogens is 2. The summed E-state index contributed by atoms with van der Waals surface area (Å²) in [7, 11) is 0. The summed E-state index contributed by atoms with van der Waals surface area (Å²) >= 11 is 5.85. The summed E-state index contributed by atoms with van der Waals surface area (Å²) in [6.07, 6.45) is 0. The van der Waals surface area contributed by atoms with E-state index in [1.165, 1.54) is 24.3 Å². The highest BCUT2D eigenvalue weighted by molar-refractivity contribution is 6.30. The zero-order chi connectivity index (χ0) is 14.9. The van der Waals surface area contributed by atoms with Crippen LogP contribution in [0.15, 0.2) is 36.4 Å². The zero-order valence-corrected chi connectivity index (χ0v) is 11.4. The number of aryl methyl sites for hydroxylation is 1. The monoisotopic (exact) mass is 294 g/mol. The predicted octanol–water partition coefficient (Wildman–Crippen LogP) is 3.74. The van der Waals surface area contributed by atoms with E-state index in [-0.39, 0.29) is 16.5 Å². The molecule has 1 atom stereocenters. The van der Waals surface area contributed by atoms with Gasteiger partial charge in [0.15, 0.2) is 0 Å². The fraction of sp³-hybridized carbons (Fsp3) is 0.143. The van der Waals surface area contributed by atoms with Gasteiger partial charge < -0.3 is 5.73 Å². The molecule has 0 amide bonds. The fourth-order valence-electron chi connectivity index (χ4n) is 1.88. The molecule has 0 radical (unpaired) electrons. The summed E-state index contributed by atoms with van der Waals surface area (Å²) in [5.74, 6) is -0.366. The molecule has 1 unspecified atom stereocenters. The zero-order valence-electron chi connectivity index (χ0n) is 10.6. The average Bonchev–Trinajstić information content (AvgIpc) is 2.40. The topological polar surface area (TPSA) is 69.2 Å². The van der Waals surface area contributed by atoms with Gasteiger partial charge in [0.2, 0.25) is 0 Å². The lowest BCUT2D eigenvalue weighted by atomic mass is 9.98. The molecule has 20 heavy (non-hydrogen) atoms. The van der Waals surface area contributed by atoms with E-state index in [4.69, 9.17) is 17.3 Å². The summed E-state index contributed by atoms with van der Waals surface area (Å²) in [4.78, 5) is 10.3. The quantitative estimate of drug-likeness (QED) is 0.692. The standard InChI is InChI=1S/C14H12ClFN2O2/c1-8-2-3-9(6-13(8)16)14(17)10-4-11(15)7-12(5-10)18(19)20/h2-7,14H,17H2,1H3. The van der Waals surface area contributed by atoms with E-state index in [9.17, 15) is 14.5 Å². The first-order chi connectivity index (χ1) is 9.38. The Kier molecular flexibility index (Phi) is 4.01. The summed E-state index contributed by atoms with van der Waals surface area (Å²) in [5, 5.41) is 11.0. The van der Waals surface area contributed by atoms with Crippen LogP contribution in [0.1, 0.15) is 22.7 Å². The number of hydrogen-bond acceptors (Lipinski definition) is 3. The molecule has 0 bridgehead atoms. The number of benzene rings is 2. The average molecular weight is 295 g/mol. The smallest absolute Gasteiger partial charge is 0.271 e. The number of rotatable bonds is 3. The number of nitrogens with zero attached hydrogens (tertiary/aromatic N) is 1. The van der Waals surface area contributed by atoms with Gasteiger partial charge in [-0.2, -0.15) is 0 Å². The van der Waals surface area contributed by atoms with Gasteiger partial charge in [0.25, 0.3) is 5.69 Å². The summed E-state index contributed by atoms with van der Waals surface area (Å²) < 4.78 is 13.6. The van der Waals surface area contributed by atoms with Crippen molar-refractivity contribution in [3.05, 3.63) is 74.0 Å². The van der Waals surface area contributed by atoms with E-state index in [0.717, 1.165) is 0 Å². The van der Waals surface area contributed by atoms with Crippen LogP contribution < -0.4 is 5.73 Å². The molecule has 2 rings (SSSR count). The molecule has 0 fully saturated rings. The van der Waals surface area contributed by atoms with Crippen LogP contribution in [0.5, 0.6) is 0 Å². The minimum atomic E-state index is -0.678. The van der Waals surface area contributed by atoms with Crippen LogP contribution in [0.2, 0.25) is 5.02 Å². The number of nitrogens with two attached hydrogens (primary N) is 1. The van der Waals surface area contributed by atoms with Gasteiger partial charge in [0, 0.05) is 17.2 Å². The highest BCUT2D eigenvalue weighted by Crippen LogP contribution is 2.28. The Balaban J connectivity index is 2.44. The molecule has 0 aliphatic carbocycles. The van der Waals surface area contributed by atoms with Gasteiger partial charge in [0.1, 0.15) is 5.82 Å². The SMILES string of the molecule is Cc1ccc(C(N)c2cc(Cl)cc([N+](=O)[O-])c2)cc1F. The van der Waals surface area contributed by atoms with Crippen LogP contribution in [-0.2, 0) is 0 Å². The van der Waals surface area contributed by atoms with Crippen molar-refractivity contribution in [2.45, 2.75) is 13.0 Å². The molecule has 0 saturated carbocycles. The van der Waals surface area contributed by atoms with Crippen LogP contribution >= 0.6 is 11.6 Å². The Morgan fingerprint density at radius 1 is 1.25 bits per heavy atom. The van der Waals surface area contributed by atoms with Gasteiger partial charge in [-0.1, -0.05) is 23.7 Å². The summed E-state index contributed by atoms with van der Waals surface area (Å²) in [6.45, 7) is 1.65. The third-order valence-electron chi connectivity index (χ3n) is 3.03. The number of non-ortho nitro benzene ring substituents is 1. The molecule has 0 aliphatic rings. The van der Waals surface area contributed by atoms with Gasteiger partial charge in [-0.05, 0) is 35.7 Å². The maximum absolute atomic E-state index is 13.6.